The smallest absolute Gasteiger partial charge is 0.382 e. The summed E-state index contributed by atoms with van der Waals surface area (Å²) in [6, 6.07) is 22.5. The van der Waals surface area contributed by atoms with Crippen LogP contribution in [0.2, 0.25) is 5.02 Å². The highest BCUT2D eigenvalue weighted by Gasteiger charge is 2.42. The third-order valence-corrected chi connectivity index (χ3v) is 6.47. The maximum absolute atomic E-state index is 13.3. The first-order valence-corrected chi connectivity index (χ1v) is 11.3. The normalized spacial score (nSPS) is 17.1. The van der Waals surface area contributed by atoms with E-state index >= 15 is 0 Å². The first-order valence-electron chi connectivity index (χ1n) is 11.0. The zero-order valence-corrected chi connectivity index (χ0v) is 19.0. The number of alkyl halides is 3. The molecule has 33 heavy (non-hydrogen) atoms. The van der Waals surface area contributed by atoms with Crippen LogP contribution in [0.5, 0.6) is 0 Å². The van der Waals surface area contributed by atoms with E-state index in [2.05, 4.69) is 17.9 Å². The fourth-order valence-electron chi connectivity index (χ4n) is 4.39. The predicted molar refractivity (Wildman–Crippen MR) is 127 cm³/mol. The number of benzene rings is 3. The lowest BCUT2D eigenvalue weighted by molar-refractivity contribution is -0.200. The Morgan fingerprint density at radius 1 is 1.00 bits per heavy atom. The molecule has 0 bridgehead atoms. The van der Waals surface area contributed by atoms with Gasteiger partial charge in [-0.1, -0.05) is 73.1 Å². The summed E-state index contributed by atoms with van der Waals surface area (Å²) < 4.78 is 39.8. The second kappa shape index (κ2) is 9.65. The Morgan fingerprint density at radius 2 is 1.67 bits per heavy atom. The van der Waals surface area contributed by atoms with Gasteiger partial charge in [0.15, 0.2) is 6.10 Å². The summed E-state index contributed by atoms with van der Waals surface area (Å²) in [5.74, 6) is 0. The summed E-state index contributed by atoms with van der Waals surface area (Å²) in [5, 5.41) is 10.7. The van der Waals surface area contributed by atoms with Gasteiger partial charge < -0.3 is 14.9 Å². The maximum Gasteiger partial charge on any atom is 0.416 e. The molecule has 0 fully saturated rings. The van der Waals surface area contributed by atoms with E-state index in [1.165, 1.54) is 0 Å². The molecule has 7 heteroatoms. The largest absolute Gasteiger partial charge is 0.416 e. The third-order valence-electron chi connectivity index (χ3n) is 6.10. The molecular weight excluding hydrogens is 449 g/mol. The number of rotatable bonds is 6. The monoisotopic (exact) mass is 474 g/mol. The number of aryl methyl sites for hydroxylation is 1. The molecule has 1 heterocycles. The first kappa shape index (κ1) is 23.5. The summed E-state index contributed by atoms with van der Waals surface area (Å²) >= 11 is 6.29. The van der Waals surface area contributed by atoms with Crippen LogP contribution in [-0.4, -0.2) is 30.5 Å². The van der Waals surface area contributed by atoms with Gasteiger partial charge in [-0.25, -0.2) is 0 Å². The number of hydrogen-bond donors (Lipinski definition) is 1. The van der Waals surface area contributed by atoms with Gasteiger partial charge >= 0.3 is 6.18 Å². The van der Waals surface area contributed by atoms with Gasteiger partial charge in [-0.05, 0) is 41.3 Å². The molecule has 174 valence electrons. The fourth-order valence-corrected chi connectivity index (χ4v) is 4.64. The van der Waals surface area contributed by atoms with Crippen LogP contribution in [0.4, 0.5) is 24.5 Å². The molecule has 0 spiro atoms. The van der Waals surface area contributed by atoms with Crippen molar-refractivity contribution in [2.45, 2.75) is 38.2 Å². The zero-order valence-electron chi connectivity index (χ0n) is 18.3. The van der Waals surface area contributed by atoms with Crippen molar-refractivity contribution >= 4 is 23.0 Å². The van der Waals surface area contributed by atoms with Crippen molar-refractivity contribution in [1.29, 1.82) is 0 Å². The van der Waals surface area contributed by atoms with Crippen LogP contribution in [0.15, 0.2) is 72.8 Å². The van der Waals surface area contributed by atoms with E-state index in [4.69, 9.17) is 11.6 Å². The van der Waals surface area contributed by atoms with E-state index in [9.17, 15) is 18.3 Å². The second-order valence-corrected chi connectivity index (χ2v) is 8.69. The van der Waals surface area contributed by atoms with Gasteiger partial charge in [0.1, 0.15) is 0 Å². The van der Waals surface area contributed by atoms with Gasteiger partial charge in [-0.2, -0.15) is 13.2 Å². The van der Waals surface area contributed by atoms with Crippen LogP contribution in [0, 0.1) is 0 Å². The van der Waals surface area contributed by atoms with Gasteiger partial charge in [-0.3, -0.25) is 0 Å². The number of anilines is 2. The third kappa shape index (κ3) is 5.12. The Balaban J connectivity index is 1.74. The van der Waals surface area contributed by atoms with Gasteiger partial charge in [0.2, 0.25) is 0 Å². The minimum Gasteiger partial charge on any atom is -0.382 e. The number of para-hydroxylation sites is 2. The van der Waals surface area contributed by atoms with Crippen molar-refractivity contribution in [3.63, 3.8) is 0 Å². The summed E-state index contributed by atoms with van der Waals surface area (Å²) in [6.07, 6.45) is -6.31. The molecule has 1 aliphatic rings. The maximum atomic E-state index is 13.3. The van der Waals surface area contributed by atoms with Crippen molar-refractivity contribution in [3.05, 3.63) is 94.5 Å². The Morgan fingerprint density at radius 3 is 2.33 bits per heavy atom. The van der Waals surface area contributed by atoms with Gasteiger partial charge in [0.05, 0.1) is 24.0 Å². The van der Waals surface area contributed by atoms with Crippen molar-refractivity contribution in [3.8, 4) is 0 Å². The van der Waals surface area contributed by atoms with E-state index in [-0.39, 0.29) is 6.04 Å². The lowest BCUT2D eigenvalue weighted by Gasteiger charge is -2.45. The number of aliphatic hydroxyl groups is 1. The summed E-state index contributed by atoms with van der Waals surface area (Å²) in [7, 11) is 0. The molecule has 0 saturated heterocycles. The summed E-state index contributed by atoms with van der Waals surface area (Å²) in [5.41, 5.74) is 4.56. The number of hydrogen-bond acceptors (Lipinski definition) is 3. The van der Waals surface area contributed by atoms with Crippen LogP contribution >= 0.6 is 11.6 Å². The van der Waals surface area contributed by atoms with Crippen molar-refractivity contribution in [1.82, 2.24) is 0 Å². The van der Waals surface area contributed by atoms with E-state index in [1.807, 2.05) is 66.7 Å². The molecule has 0 aliphatic carbocycles. The fraction of sp³-hybridized carbons (Fsp3) is 0.308. The summed E-state index contributed by atoms with van der Waals surface area (Å²) in [4.78, 5) is 3.87. The predicted octanol–water partition coefficient (Wildman–Crippen LogP) is 6.39. The van der Waals surface area contributed by atoms with E-state index < -0.39 is 18.8 Å². The lowest BCUT2D eigenvalue weighted by Crippen LogP contribution is -2.49. The average molecular weight is 475 g/mol. The highest BCUT2D eigenvalue weighted by atomic mass is 35.5. The van der Waals surface area contributed by atoms with Gasteiger partial charge in [0, 0.05) is 18.1 Å². The molecule has 3 aromatic rings. The average Bonchev–Trinajstić information content (AvgIpc) is 2.81. The molecule has 0 saturated carbocycles. The molecule has 0 radical (unpaired) electrons. The van der Waals surface area contributed by atoms with Crippen LogP contribution in [0.3, 0.4) is 0 Å². The van der Waals surface area contributed by atoms with Crippen molar-refractivity contribution in [2.24, 2.45) is 0 Å². The zero-order chi connectivity index (χ0) is 23.6. The molecule has 0 amide bonds. The SMILES string of the molecule is CCc1cc(CN2CC(c3ccccc3)N(CC(O)C(F)(F)F)c3ccccc32)ccc1Cl. The first-order chi connectivity index (χ1) is 15.8. The van der Waals surface area contributed by atoms with Crippen molar-refractivity contribution < 1.29 is 18.3 Å². The standard InChI is InChI=1S/C26H26ClF3N2O/c1-2-19-14-18(12-13-21(19)27)15-31-16-24(20-8-4-3-5-9-20)32(17-25(33)26(28,29)30)23-11-7-6-10-22(23)31/h3-14,24-25,33H,2,15-17H2,1H3. The van der Waals surface area contributed by atoms with E-state index in [0.29, 0.717) is 18.8 Å². The number of β-amino-alcohol motifs (C(OH)–C–C–N with tert-alkyl or cyclic N) is 1. The number of halogens is 4. The van der Waals surface area contributed by atoms with Gasteiger partial charge in [-0.15, -0.1) is 0 Å². The molecule has 0 aromatic heterocycles. The van der Waals surface area contributed by atoms with Crippen LogP contribution in [-0.2, 0) is 13.0 Å². The number of fused-ring (bicyclic) bond motifs is 1. The highest BCUT2D eigenvalue weighted by Crippen LogP contribution is 2.42. The molecule has 1 N–H and O–H groups in total. The minimum atomic E-state index is -4.69. The Bertz CT molecular complexity index is 1090. The lowest BCUT2D eigenvalue weighted by atomic mass is 9.98. The molecule has 2 unspecified atom stereocenters. The van der Waals surface area contributed by atoms with Crippen LogP contribution in [0.1, 0.15) is 29.7 Å². The van der Waals surface area contributed by atoms with Crippen LogP contribution in [0.25, 0.3) is 0 Å². The molecule has 4 rings (SSSR count). The molecule has 1 aliphatic heterocycles. The topological polar surface area (TPSA) is 26.7 Å². The highest BCUT2D eigenvalue weighted by molar-refractivity contribution is 6.31. The van der Waals surface area contributed by atoms with Gasteiger partial charge in [0.25, 0.3) is 0 Å². The van der Waals surface area contributed by atoms with E-state index in [1.54, 1.807) is 4.90 Å². The number of nitrogens with zero attached hydrogens (tertiary/aromatic N) is 2. The minimum absolute atomic E-state index is 0.351. The quantitative estimate of drug-likeness (QED) is 0.448. The number of aliphatic hydroxyl groups excluding tert-OH is 1. The molecular formula is C26H26ClF3N2O. The molecule has 2 atom stereocenters. The Hall–Kier alpha value is -2.70. The van der Waals surface area contributed by atoms with E-state index in [0.717, 1.165) is 33.8 Å². The Kier molecular flexibility index (Phi) is 6.86. The van der Waals surface area contributed by atoms with Crippen molar-refractivity contribution in [2.75, 3.05) is 22.9 Å². The second-order valence-electron chi connectivity index (χ2n) is 8.28. The van der Waals surface area contributed by atoms with Crippen LogP contribution < -0.4 is 9.80 Å². The Labute approximate surface area is 197 Å². The summed E-state index contributed by atoms with van der Waals surface area (Å²) in [6.45, 7) is 2.60. The molecule has 3 nitrogen and oxygen atoms in total. The molecule has 3 aromatic carbocycles.